The van der Waals surface area contributed by atoms with E-state index in [9.17, 15) is 14.4 Å². The van der Waals surface area contributed by atoms with Gasteiger partial charge in [0.25, 0.3) is 5.56 Å². The van der Waals surface area contributed by atoms with Gasteiger partial charge in [-0.25, -0.2) is 4.98 Å². The molecule has 2 N–H and O–H groups in total. The molecule has 29 heavy (non-hydrogen) atoms. The van der Waals surface area contributed by atoms with Gasteiger partial charge in [-0.2, -0.15) is 0 Å². The molecule has 1 aliphatic heterocycles. The highest BCUT2D eigenvalue weighted by atomic mass is 35.5. The minimum absolute atomic E-state index is 0.0966. The number of Topliss-reactive ketones (excluding diaryl/α,β-unsaturated/α-hetero) is 1. The van der Waals surface area contributed by atoms with E-state index in [-0.39, 0.29) is 29.4 Å². The molecule has 2 aliphatic rings. The fourth-order valence-corrected chi connectivity index (χ4v) is 6.22. The zero-order valence-electron chi connectivity index (χ0n) is 15.3. The number of aromatic nitrogens is 2. The van der Waals surface area contributed by atoms with E-state index in [2.05, 4.69) is 15.3 Å². The van der Waals surface area contributed by atoms with Gasteiger partial charge < -0.3 is 10.3 Å². The van der Waals surface area contributed by atoms with E-state index < -0.39 is 0 Å². The first-order valence-electron chi connectivity index (χ1n) is 9.32. The Kier molecular flexibility index (Phi) is 4.72. The number of hydrogen-bond acceptors (Lipinski definition) is 6. The first-order valence-corrected chi connectivity index (χ1v) is 11.5. The van der Waals surface area contributed by atoms with Gasteiger partial charge in [-0.15, -0.1) is 11.3 Å². The Hall–Kier alpha value is -2.16. The van der Waals surface area contributed by atoms with E-state index >= 15 is 0 Å². The second kappa shape index (κ2) is 7.27. The van der Waals surface area contributed by atoms with E-state index in [4.69, 9.17) is 11.6 Å². The van der Waals surface area contributed by atoms with Gasteiger partial charge in [0.2, 0.25) is 5.91 Å². The van der Waals surface area contributed by atoms with Crippen LogP contribution in [0.5, 0.6) is 0 Å². The van der Waals surface area contributed by atoms with Gasteiger partial charge in [0, 0.05) is 16.1 Å². The Morgan fingerprint density at radius 2 is 2.07 bits per heavy atom. The number of H-pyrrole nitrogens is 1. The van der Waals surface area contributed by atoms with Crippen molar-refractivity contribution < 1.29 is 9.59 Å². The molecule has 0 unspecified atom stereocenters. The number of amides is 1. The smallest absolute Gasteiger partial charge is 0.260 e. The third kappa shape index (κ3) is 3.39. The van der Waals surface area contributed by atoms with Gasteiger partial charge in [-0.1, -0.05) is 23.4 Å². The summed E-state index contributed by atoms with van der Waals surface area (Å²) in [5.41, 5.74) is 2.81. The molecular formula is C20H16ClN3O3S2. The molecule has 1 amide bonds. The molecule has 5 rings (SSSR count). The number of benzene rings is 1. The summed E-state index contributed by atoms with van der Waals surface area (Å²) >= 11 is 9.02. The summed E-state index contributed by atoms with van der Waals surface area (Å²) in [7, 11) is 0. The number of thiophene rings is 1. The molecule has 0 bridgehead atoms. The summed E-state index contributed by atoms with van der Waals surface area (Å²) < 4.78 is 0. The van der Waals surface area contributed by atoms with Gasteiger partial charge in [0.1, 0.15) is 4.83 Å². The molecule has 1 aliphatic carbocycles. The molecule has 3 heterocycles. The van der Waals surface area contributed by atoms with Crippen molar-refractivity contribution in [2.75, 3.05) is 11.1 Å². The van der Waals surface area contributed by atoms with Crippen LogP contribution in [-0.4, -0.2) is 27.4 Å². The van der Waals surface area contributed by atoms with Gasteiger partial charge in [0.15, 0.2) is 10.9 Å². The van der Waals surface area contributed by atoms with Crippen molar-refractivity contribution in [1.82, 2.24) is 9.97 Å². The molecule has 9 heteroatoms. The first-order chi connectivity index (χ1) is 14.0. The maximum absolute atomic E-state index is 12.7. The highest BCUT2D eigenvalue weighted by Crippen LogP contribution is 2.34. The lowest BCUT2D eigenvalue weighted by molar-refractivity contribution is -0.115. The molecule has 0 saturated carbocycles. The van der Waals surface area contributed by atoms with Crippen LogP contribution in [0.1, 0.15) is 39.2 Å². The average molecular weight is 446 g/mol. The summed E-state index contributed by atoms with van der Waals surface area (Å²) in [6.07, 6.45) is 4.43. The molecule has 2 aromatic heterocycles. The fourth-order valence-electron chi connectivity index (χ4n) is 3.89. The Morgan fingerprint density at radius 1 is 1.24 bits per heavy atom. The van der Waals surface area contributed by atoms with Crippen molar-refractivity contribution in [3.63, 3.8) is 0 Å². The average Bonchev–Trinajstić information content (AvgIpc) is 3.24. The third-order valence-corrected chi connectivity index (χ3v) is 7.63. The number of carbonyl (C=O) groups excluding carboxylic acids is 2. The molecule has 148 valence electrons. The summed E-state index contributed by atoms with van der Waals surface area (Å²) in [5.74, 6) is -0.182. The second-order valence-corrected chi connectivity index (χ2v) is 9.64. The van der Waals surface area contributed by atoms with Crippen LogP contribution < -0.4 is 10.9 Å². The molecule has 0 fully saturated rings. The standard InChI is InChI=1S/C20H16ClN3O3S2/c21-12-7-13-9(6-16(26)22-13)5-11(12)14(25)8-28-20-23-18(27)17-10-3-1-2-4-15(10)29-19(17)24-20/h5,7H,1-4,6,8H2,(H,22,26)(H,23,24,27). The van der Waals surface area contributed by atoms with Crippen molar-refractivity contribution in [2.24, 2.45) is 0 Å². The highest BCUT2D eigenvalue weighted by molar-refractivity contribution is 7.99. The number of rotatable bonds is 4. The first kappa shape index (κ1) is 18.8. The molecule has 3 aromatic rings. The number of ketones is 1. The molecule has 6 nitrogen and oxygen atoms in total. The molecule has 0 spiro atoms. The van der Waals surface area contributed by atoms with Crippen LogP contribution in [0.15, 0.2) is 22.1 Å². The van der Waals surface area contributed by atoms with E-state index in [1.807, 2.05) is 0 Å². The Labute approximate surface area is 179 Å². The monoisotopic (exact) mass is 445 g/mol. The fraction of sp³-hybridized carbons (Fsp3) is 0.300. The van der Waals surface area contributed by atoms with E-state index in [0.717, 1.165) is 41.6 Å². The number of nitrogens with zero attached hydrogens (tertiary/aromatic N) is 1. The van der Waals surface area contributed by atoms with E-state index in [1.54, 1.807) is 23.5 Å². The molecule has 0 radical (unpaired) electrons. The Morgan fingerprint density at radius 3 is 2.93 bits per heavy atom. The minimum atomic E-state index is -0.171. The van der Waals surface area contributed by atoms with E-state index in [0.29, 0.717) is 26.8 Å². The number of fused-ring (bicyclic) bond motifs is 4. The SMILES string of the molecule is O=C1Cc2cc(C(=O)CSc3nc4sc5c(c4c(=O)[nH]3)CCCC5)c(Cl)cc2N1. The number of aromatic amines is 1. The van der Waals surface area contributed by atoms with Gasteiger partial charge in [0.05, 0.1) is 22.6 Å². The maximum Gasteiger partial charge on any atom is 0.260 e. The second-order valence-electron chi connectivity index (χ2n) is 7.19. The molecule has 0 atom stereocenters. The van der Waals surface area contributed by atoms with Crippen LogP contribution in [0.2, 0.25) is 5.02 Å². The zero-order chi connectivity index (χ0) is 20.1. The lowest BCUT2D eigenvalue weighted by Gasteiger charge is -2.09. The van der Waals surface area contributed by atoms with Crippen LogP contribution in [-0.2, 0) is 24.1 Å². The molecule has 1 aromatic carbocycles. The number of thioether (sulfide) groups is 1. The predicted molar refractivity (Wildman–Crippen MR) is 116 cm³/mol. The van der Waals surface area contributed by atoms with Crippen LogP contribution in [0.4, 0.5) is 5.69 Å². The molecule has 0 saturated heterocycles. The number of anilines is 1. The number of halogens is 1. The largest absolute Gasteiger partial charge is 0.325 e. The van der Waals surface area contributed by atoms with Crippen molar-refractivity contribution in [2.45, 2.75) is 37.3 Å². The van der Waals surface area contributed by atoms with Crippen molar-refractivity contribution in [3.8, 4) is 0 Å². The highest BCUT2D eigenvalue weighted by Gasteiger charge is 2.23. The Bertz CT molecular complexity index is 1250. The summed E-state index contributed by atoms with van der Waals surface area (Å²) in [4.78, 5) is 46.3. The van der Waals surface area contributed by atoms with Gasteiger partial charge in [-0.05, 0) is 48.9 Å². The van der Waals surface area contributed by atoms with Gasteiger partial charge in [-0.3, -0.25) is 14.4 Å². The maximum atomic E-state index is 12.7. The normalized spacial score (nSPS) is 15.3. The lowest BCUT2D eigenvalue weighted by Crippen LogP contribution is -2.12. The summed E-state index contributed by atoms with van der Waals surface area (Å²) in [6.45, 7) is 0. The lowest BCUT2D eigenvalue weighted by atomic mass is 9.97. The van der Waals surface area contributed by atoms with Gasteiger partial charge >= 0.3 is 0 Å². The number of hydrogen-bond donors (Lipinski definition) is 2. The van der Waals surface area contributed by atoms with Crippen LogP contribution >= 0.6 is 34.7 Å². The predicted octanol–water partition coefficient (Wildman–Crippen LogP) is 3.99. The third-order valence-electron chi connectivity index (χ3n) is 5.26. The number of aryl methyl sites for hydroxylation is 2. The summed E-state index contributed by atoms with van der Waals surface area (Å²) in [6, 6.07) is 3.28. The Balaban J connectivity index is 1.38. The van der Waals surface area contributed by atoms with Crippen LogP contribution in [0.25, 0.3) is 10.2 Å². The van der Waals surface area contributed by atoms with Crippen LogP contribution in [0.3, 0.4) is 0 Å². The summed E-state index contributed by atoms with van der Waals surface area (Å²) in [5, 5.41) is 4.16. The van der Waals surface area contributed by atoms with Crippen molar-refractivity contribution in [3.05, 3.63) is 49.1 Å². The molecular weight excluding hydrogens is 430 g/mol. The topological polar surface area (TPSA) is 91.9 Å². The van der Waals surface area contributed by atoms with Crippen LogP contribution in [0, 0.1) is 0 Å². The zero-order valence-corrected chi connectivity index (χ0v) is 17.7. The van der Waals surface area contributed by atoms with Crippen molar-refractivity contribution in [1.29, 1.82) is 0 Å². The number of nitrogens with one attached hydrogen (secondary N) is 2. The number of carbonyl (C=O) groups is 2. The van der Waals surface area contributed by atoms with Crippen molar-refractivity contribution >= 4 is 62.3 Å². The minimum Gasteiger partial charge on any atom is -0.325 e. The van der Waals surface area contributed by atoms with E-state index in [1.165, 1.54) is 16.6 Å². The quantitative estimate of drug-likeness (QED) is 0.360.